The van der Waals surface area contributed by atoms with E-state index in [9.17, 15) is 14.4 Å². The number of hydrogen-bond acceptors (Lipinski definition) is 5. The number of carbonyl (C=O) groups is 3. The van der Waals surface area contributed by atoms with Crippen LogP contribution in [0.1, 0.15) is 39.5 Å². The van der Waals surface area contributed by atoms with Crippen LogP contribution in [0, 0.1) is 0 Å². The van der Waals surface area contributed by atoms with Gasteiger partial charge in [-0.05, 0) is 26.2 Å². The molecule has 1 saturated heterocycles. The molecule has 1 fully saturated rings. The standard InChI is InChI=1S/C13H21NO4S/c1-3-18-13(17)11-6-4-5-8-14(11)12(16)7-9-19-10(2)15/h11H,3-9H2,1-2H3. The van der Waals surface area contributed by atoms with Crippen LogP contribution in [0.5, 0.6) is 0 Å². The Morgan fingerprint density at radius 1 is 1.32 bits per heavy atom. The van der Waals surface area contributed by atoms with Crippen LogP contribution in [0.25, 0.3) is 0 Å². The van der Waals surface area contributed by atoms with E-state index in [1.165, 1.54) is 6.92 Å². The molecule has 0 aromatic rings. The first-order valence-corrected chi connectivity index (χ1v) is 7.64. The third-order valence-electron chi connectivity index (χ3n) is 3.00. The molecule has 1 aliphatic rings. The summed E-state index contributed by atoms with van der Waals surface area (Å²) < 4.78 is 5.01. The zero-order valence-corrected chi connectivity index (χ0v) is 12.3. The Hall–Kier alpha value is -1.04. The topological polar surface area (TPSA) is 63.7 Å². The van der Waals surface area contributed by atoms with Gasteiger partial charge in [0, 0.05) is 25.6 Å². The Kier molecular flexibility index (Phi) is 6.91. The minimum absolute atomic E-state index is 0.00777. The van der Waals surface area contributed by atoms with E-state index < -0.39 is 6.04 Å². The molecule has 1 heterocycles. The van der Waals surface area contributed by atoms with Gasteiger partial charge < -0.3 is 9.64 Å². The Morgan fingerprint density at radius 2 is 2.05 bits per heavy atom. The molecule has 0 aromatic carbocycles. The highest BCUT2D eigenvalue weighted by atomic mass is 32.2. The molecule has 6 heteroatoms. The molecular formula is C13H21NO4S. The van der Waals surface area contributed by atoms with Crippen LogP contribution in [-0.4, -0.2) is 46.8 Å². The van der Waals surface area contributed by atoms with Crippen molar-refractivity contribution in [3.63, 3.8) is 0 Å². The van der Waals surface area contributed by atoms with Crippen molar-refractivity contribution in [3.8, 4) is 0 Å². The maximum absolute atomic E-state index is 12.1. The highest BCUT2D eigenvalue weighted by Gasteiger charge is 2.32. The summed E-state index contributed by atoms with van der Waals surface area (Å²) in [6.45, 7) is 4.18. The van der Waals surface area contributed by atoms with Crippen LogP contribution in [-0.2, 0) is 19.1 Å². The molecule has 1 aliphatic heterocycles. The minimum Gasteiger partial charge on any atom is -0.464 e. The monoisotopic (exact) mass is 287 g/mol. The lowest BCUT2D eigenvalue weighted by atomic mass is 10.0. The summed E-state index contributed by atoms with van der Waals surface area (Å²) in [5.74, 6) is 0.0986. The van der Waals surface area contributed by atoms with Gasteiger partial charge in [-0.1, -0.05) is 11.8 Å². The van der Waals surface area contributed by atoms with Crippen molar-refractivity contribution in [3.05, 3.63) is 0 Å². The normalized spacial score (nSPS) is 19.1. The number of nitrogens with zero attached hydrogens (tertiary/aromatic N) is 1. The van der Waals surface area contributed by atoms with Crippen molar-refractivity contribution >= 4 is 28.8 Å². The molecule has 0 aliphatic carbocycles. The second kappa shape index (κ2) is 8.19. The second-order valence-electron chi connectivity index (χ2n) is 4.44. The Bertz CT molecular complexity index is 346. The average Bonchev–Trinajstić information content (AvgIpc) is 2.38. The average molecular weight is 287 g/mol. The number of carbonyl (C=O) groups excluding carboxylic acids is 3. The maximum Gasteiger partial charge on any atom is 0.328 e. The molecule has 1 rings (SSSR count). The van der Waals surface area contributed by atoms with Crippen molar-refractivity contribution in [2.45, 2.75) is 45.6 Å². The molecule has 108 valence electrons. The van der Waals surface area contributed by atoms with Gasteiger partial charge in [0.25, 0.3) is 0 Å². The van der Waals surface area contributed by atoms with E-state index in [0.29, 0.717) is 31.7 Å². The molecule has 19 heavy (non-hydrogen) atoms. The van der Waals surface area contributed by atoms with Crippen LogP contribution < -0.4 is 0 Å². The van der Waals surface area contributed by atoms with Gasteiger partial charge in [-0.15, -0.1) is 0 Å². The fourth-order valence-electron chi connectivity index (χ4n) is 2.14. The lowest BCUT2D eigenvalue weighted by Crippen LogP contribution is -2.48. The van der Waals surface area contributed by atoms with Crippen LogP contribution in [0.3, 0.4) is 0 Å². The van der Waals surface area contributed by atoms with E-state index in [-0.39, 0.29) is 17.0 Å². The van der Waals surface area contributed by atoms with Crippen molar-refractivity contribution < 1.29 is 19.1 Å². The van der Waals surface area contributed by atoms with Crippen molar-refractivity contribution in [1.29, 1.82) is 0 Å². The quantitative estimate of drug-likeness (QED) is 0.719. The van der Waals surface area contributed by atoms with Gasteiger partial charge in [0.1, 0.15) is 6.04 Å². The summed E-state index contributed by atoms with van der Waals surface area (Å²) in [6.07, 6.45) is 2.82. The Balaban J connectivity index is 2.53. The van der Waals surface area contributed by atoms with Crippen molar-refractivity contribution in [2.75, 3.05) is 18.9 Å². The van der Waals surface area contributed by atoms with Gasteiger partial charge in [0.2, 0.25) is 5.91 Å². The Labute approximate surface area is 118 Å². The van der Waals surface area contributed by atoms with Crippen molar-refractivity contribution in [2.24, 2.45) is 0 Å². The van der Waals surface area contributed by atoms with E-state index >= 15 is 0 Å². The number of likely N-dealkylation sites (tertiary alicyclic amines) is 1. The second-order valence-corrected chi connectivity index (χ2v) is 5.71. The molecule has 0 N–H and O–H groups in total. The predicted molar refractivity (Wildman–Crippen MR) is 73.7 cm³/mol. The number of ether oxygens (including phenoxy) is 1. The van der Waals surface area contributed by atoms with Crippen LogP contribution >= 0.6 is 11.8 Å². The molecule has 0 spiro atoms. The predicted octanol–water partition coefficient (Wildman–Crippen LogP) is 1.60. The number of hydrogen-bond donors (Lipinski definition) is 0. The largest absolute Gasteiger partial charge is 0.464 e. The molecule has 1 atom stereocenters. The van der Waals surface area contributed by atoms with Gasteiger partial charge in [-0.25, -0.2) is 4.79 Å². The molecule has 0 aromatic heterocycles. The SMILES string of the molecule is CCOC(=O)C1CCCCN1C(=O)CCSC(C)=O. The highest BCUT2D eigenvalue weighted by molar-refractivity contribution is 8.13. The number of thioether (sulfide) groups is 1. The van der Waals surface area contributed by atoms with Crippen LogP contribution in [0.2, 0.25) is 0 Å². The van der Waals surface area contributed by atoms with Gasteiger partial charge in [0.05, 0.1) is 6.61 Å². The maximum atomic E-state index is 12.1. The molecule has 5 nitrogen and oxygen atoms in total. The molecule has 1 amide bonds. The summed E-state index contributed by atoms with van der Waals surface area (Å²) in [5, 5.41) is 0.00777. The first-order valence-electron chi connectivity index (χ1n) is 6.65. The van der Waals surface area contributed by atoms with E-state index in [1.54, 1.807) is 11.8 Å². The number of esters is 1. The Morgan fingerprint density at radius 3 is 2.68 bits per heavy atom. The number of piperidine rings is 1. The lowest BCUT2D eigenvalue weighted by Gasteiger charge is -2.34. The summed E-state index contributed by atoms with van der Waals surface area (Å²) >= 11 is 1.14. The number of amides is 1. The van der Waals surface area contributed by atoms with E-state index in [4.69, 9.17) is 4.74 Å². The lowest BCUT2D eigenvalue weighted by molar-refractivity contribution is -0.156. The zero-order valence-electron chi connectivity index (χ0n) is 11.5. The molecule has 1 unspecified atom stereocenters. The minimum atomic E-state index is -0.441. The third kappa shape index (κ3) is 5.22. The summed E-state index contributed by atoms with van der Waals surface area (Å²) in [4.78, 5) is 36.3. The third-order valence-corrected chi connectivity index (χ3v) is 3.82. The van der Waals surface area contributed by atoms with Gasteiger partial charge in [-0.2, -0.15) is 0 Å². The smallest absolute Gasteiger partial charge is 0.328 e. The van der Waals surface area contributed by atoms with Gasteiger partial charge in [0.15, 0.2) is 5.12 Å². The fourth-order valence-corrected chi connectivity index (χ4v) is 2.70. The first-order chi connectivity index (χ1) is 9.06. The van der Waals surface area contributed by atoms with Crippen LogP contribution in [0.15, 0.2) is 0 Å². The molecule has 0 saturated carbocycles. The first kappa shape index (κ1) is 16.0. The van der Waals surface area contributed by atoms with E-state index in [2.05, 4.69) is 0 Å². The molecule has 0 radical (unpaired) electrons. The van der Waals surface area contributed by atoms with Gasteiger partial charge in [-0.3, -0.25) is 9.59 Å². The van der Waals surface area contributed by atoms with E-state index in [1.807, 2.05) is 0 Å². The summed E-state index contributed by atoms with van der Waals surface area (Å²) in [7, 11) is 0. The van der Waals surface area contributed by atoms with Crippen LogP contribution in [0.4, 0.5) is 0 Å². The number of rotatable bonds is 5. The molecule has 0 bridgehead atoms. The summed E-state index contributed by atoms with van der Waals surface area (Å²) in [5.41, 5.74) is 0. The summed E-state index contributed by atoms with van der Waals surface area (Å²) in [6, 6.07) is -0.441. The highest BCUT2D eigenvalue weighted by Crippen LogP contribution is 2.20. The van der Waals surface area contributed by atoms with Gasteiger partial charge >= 0.3 is 5.97 Å². The van der Waals surface area contributed by atoms with Crippen molar-refractivity contribution in [1.82, 2.24) is 4.90 Å². The fraction of sp³-hybridized carbons (Fsp3) is 0.769. The molecular weight excluding hydrogens is 266 g/mol. The van der Waals surface area contributed by atoms with E-state index in [0.717, 1.165) is 24.6 Å². The zero-order chi connectivity index (χ0) is 14.3.